The van der Waals surface area contributed by atoms with E-state index in [-0.39, 0.29) is 24.4 Å². The summed E-state index contributed by atoms with van der Waals surface area (Å²) in [5, 5.41) is 17.2. The summed E-state index contributed by atoms with van der Waals surface area (Å²) < 4.78 is 27.4. The minimum atomic E-state index is -3.39. The number of aromatic carboxylic acids is 1. The smallest absolute Gasteiger partial charge is 0.336 e. The van der Waals surface area contributed by atoms with Crippen molar-refractivity contribution in [2.75, 3.05) is 27.2 Å². The van der Waals surface area contributed by atoms with Crippen LogP contribution in [0.1, 0.15) is 27.9 Å². The molecule has 3 aromatic rings. The summed E-state index contributed by atoms with van der Waals surface area (Å²) in [5.41, 5.74) is 3.51. The van der Waals surface area contributed by atoms with Gasteiger partial charge in [-0.05, 0) is 43.2 Å². The van der Waals surface area contributed by atoms with Crippen molar-refractivity contribution in [3.63, 3.8) is 0 Å². The lowest BCUT2D eigenvalue weighted by Crippen LogP contribution is -2.37. The van der Waals surface area contributed by atoms with Crippen LogP contribution in [0, 0.1) is 6.92 Å². The number of carboxylic acid groups (broad SMARTS) is 1. The number of carbonyl (C=O) groups is 2. The largest absolute Gasteiger partial charge is 0.478 e. The molecule has 35 heavy (non-hydrogen) atoms. The molecule has 0 saturated carbocycles. The Bertz CT molecular complexity index is 1370. The third-order valence-electron chi connectivity index (χ3n) is 6.16. The molecule has 1 amide bonds. The maximum absolute atomic E-state index is 12.7. The SMILES string of the molecule is Cc1ccc(C(=O)O)c(-c2cn(-c3ccc(CC(=O)N4CCC(S(=O)(=O)N(C)C)C4)cc3)nn2)c1. The van der Waals surface area contributed by atoms with Gasteiger partial charge in [-0.3, -0.25) is 4.79 Å². The van der Waals surface area contributed by atoms with Crippen molar-refractivity contribution in [2.45, 2.75) is 25.0 Å². The zero-order valence-corrected chi connectivity index (χ0v) is 20.6. The number of benzene rings is 2. The maximum Gasteiger partial charge on any atom is 0.336 e. The summed E-state index contributed by atoms with van der Waals surface area (Å²) in [7, 11) is -0.378. The van der Waals surface area contributed by atoms with Crippen LogP contribution in [0.15, 0.2) is 48.7 Å². The van der Waals surface area contributed by atoms with Crippen LogP contribution in [0.25, 0.3) is 16.9 Å². The number of aromatic nitrogens is 3. The average molecular weight is 498 g/mol. The Hall–Kier alpha value is -3.57. The Morgan fingerprint density at radius 2 is 1.86 bits per heavy atom. The number of nitrogens with zero attached hydrogens (tertiary/aromatic N) is 5. The summed E-state index contributed by atoms with van der Waals surface area (Å²) in [4.78, 5) is 25.9. The number of hydrogen-bond donors (Lipinski definition) is 1. The van der Waals surface area contributed by atoms with Crippen LogP contribution in [0.4, 0.5) is 0 Å². The highest BCUT2D eigenvalue weighted by molar-refractivity contribution is 7.89. The fourth-order valence-electron chi connectivity index (χ4n) is 4.12. The Morgan fingerprint density at radius 1 is 1.14 bits per heavy atom. The molecule has 0 radical (unpaired) electrons. The fraction of sp³-hybridized carbons (Fsp3) is 0.333. The van der Waals surface area contributed by atoms with E-state index in [0.29, 0.717) is 29.9 Å². The van der Waals surface area contributed by atoms with Crippen LogP contribution in [0.2, 0.25) is 0 Å². The normalized spacial score (nSPS) is 16.1. The number of rotatable bonds is 7. The van der Waals surface area contributed by atoms with E-state index in [2.05, 4.69) is 10.3 Å². The summed E-state index contributed by atoms with van der Waals surface area (Å²) in [6.07, 6.45) is 2.27. The molecule has 0 aliphatic carbocycles. The van der Waals surface area contributed by atoms with Crippen LogP contribution < -0.4 is 0 Å². The van der Waals surface area contributed by atoms with Gasteiger partial charge in [0.05, 0.1) is 29.1 Å². The Balaban J connectivity index is 1.45. The van der Waals surface area contributed by atoms with E-state index in [1.54, 1.807) is 46.1 Å². The monoisotopic (exact) mass is 497 g/mol. The molecule has 11 heteroatoms. The second kappa shape index (κ2) is 9.59. The third kappa shape index (κ3) is 5.10. The van der Waals surface area contributed by atoms with Crippen LogP contribution >= 0.6 is 0 Å². The molecule has 1 atom stereocenters. The number of sulfonamides is 1. The molecule has 1 aliphatic heterocycles. The molecule has 2 aromatic carbocycles. The van der Waals surface area contributed by atoms with Crippen molar-refractivity contribution in [1.29, 1.82) is 0 Å². The summed E-state index contributed by atoms with van der Waals surface area (Å²) in [5.74, 6) is -1.15. The van der Waals surface area contributed by atoms with Crippen molar-refractivity contribution in [1.82, 2.24) is 24.2 Å². The molecule has 1 fully saturated rings. The van der Waals surface area contributed by atoms with Gasteiger partial charge in [0.15, 0.2) is 0 Å². The number of aryl methyl sites for hydroxylation is 1. The van der Waals surface area contributed by atoms with Crippen molar-refractivity contribution in [3.8, 4) is 16.9 Å². The molecule has 1 N–H and O–H groups in total. The van der Waals surface area contributed by atoms with Gasteiger partial charge >= 0.3 is 5.97 Å². The predicted octanol–water partition coefficient (Wildman–Crippen LogP) is 1.98. The van der Waals surface area contributed by atoms with Gasteiger partial charge in [-0.25, -0.2) is 22.2 Å². The first-order chi connectivity index (χ1) is 16.6. The molecular weight excluding hydrogens is 470 g/mol. The van der Waals surface area contributed by atoms with E-state index in [4.69, 9.17) is 0 Å². The van der Waals surface area contributed by atoms with E-state index in [0.717, 1.165) is 11.1 Å². The van der Waals surface area contributed by atoms with Crippen molar-refractivity contribution in [2.24, 2.45) is 0 Å². The first-order valence-corrected chi connectivity index (χ1v) is 12.6. The lowest BCUT2D eigenvalue weighted by atomic mass is 10.0. The zero-order valence-electron chi connectivity index (χ0n) is 19.7. The molecule has 0 bridgehead atoms. The molecule has 0 spiro atoms. The lowest BCUT2D eigenvalue weighted by molar-refractivity contribution is -0.129. The van der Waals surface area contributed by atoms with Gasteiger partial charge < -0.3 is 10.0 Å². The van der Waals surface area contributed by atoms with Crippen LogP contribution in [-0.4, -0.2) is 82.0 Å². The number of likely N-dealkylation sites (tertiary alicyclic amines) is 1. The van der Waals surface area contributed by atoms with Crippen molar-refractivity contribution < 1.29 is 23.1 Å². The Morgan fingerprint density at radius 3 is 2.51 bits per heavy atom. The first-order valence-electron chi connectivity index (χ1n) is 11.1. The van der Waals surface area contributed by atoms with E-state index in [1.807, 2.05) is 19.1 Å². The maximum atomic E-state index is 12.7. The molecule has 1 unspecified atom stereocenters. The van der Waals surface area contributed by atoms with Gasteiger partial charge in [0.2, 0.25) is 15.9 Å². The number of amides is 1. The van der Waals surface area contributed by atoms with E-state index >= 15 is 0 Å². The highest BCUT2D eigenvalue weighted by atomic mass is 32.2. The highest BCUT2D eigenvalue weighted by Gasteiger charge is 2.36. The highest BCUT2D eigenvalue weighted by Crippen LogP contribution is 2.24. The second-order valence-corrected chi connectivity index (χ2v) is 11.3. The third-order valence-corrected chi connectivity index (χ3v) is 8.40. The Labute approximate surface area is 203 Å². The van der Waals surface area contributed by atoms with Crippen molar-refractivity contribution >= 4 is 21.9 Å². The number of hydrogen-bond acceptors (Lipinski definition) is 6. The predicted molar refractivity (Wildman–Crippen MR) is 130 cm³/mol. The summed E-state index contributed by atoms with van der Waals surface area (Å²) >= 11 is 0. The van der Waals surface area contributed by atoms with E-state index in [1.165, 1.54) is 18.4 Å². The number of carbonyl (C=O) groups excluding carboxylic acids is 1. The summed E-state index contributed by atoms with van der Waals surface area (Å²) in [6.45, 7) is 2.51. The van der Waals surface area contributed by atoms with Crippen molar-refractivity contribution in [3.05, 3.63) is 65.4 Å². The standard InChI is InChI=1S/C24H27N5O5S/c1-16-4-9-20(24(31)32)21(12-16)22-15-29(26-25-22)18-7-5-17(6-8-18)13-23(30)28-11-10-19(14-28)35(33,34)27(2)3/h4-9,12,15,19H,10-11,13-14H2,1-3H3,(H,31,32). The molecular formula is C24H27N5O5S. The molecule has 1 aliphatic rings. The molecule has 1 saturated heterocycles. The molecule has 2 heterocycles. The van der Waals surface area contributed by atoms with Gasteiger partial charge in [0.25, 0.3) is 0 Å². The second-order valence-electron chi connectivity index (χ2n) is 8.82. The van der Waals surface area contributed by atoms with Crippen LogP contribution in [-0.2, 0) is 21.2 Å². The Kier molecular flexibility index (Phi) is 6.73. The fourth-order valence-corrected chi connectivity index (χ4v) is 5.49. The lowest BCUT2D eigenvalue weighted by Gasteiger charge is -2.19. The molecule has 184 valence electrons. The van der Waals surface area contributed by atoms with Gasteiger partial charge in [-0.2, -0.15) is 0 Å². The average Bonchev–Trinajstić information content (AvgIpc) is 3.50. The molecule has 1 aromatic heterocycles. The van der Waals surface area contributed by atoms with Crippen LogP contribution in [0.3, 0.4) is 0 Å². The quantitative estimate of drug-likeness (QED) is 0.529. The molecule has 10 nitrogen and oxygen atoms in total. The van der Waals surface area contributed by atoms with Gasteiger partial charge in [0, 0.05) is 32.7 Å². The van der Waals surface area contributed by atoms with Gasteiger partial charge in [-0.15, -0.1) is 5.10 Å². The zero-order chi connectivity index (χ0) is 25.3. The number of carboxylic acids is 1. The van der Waals surface area contributed by atoms with Gasteiger partial charge in [0.1, 0.15) is 5.69 Å². The van der Waals surface area contributed by atoms with E-state index < -0.39 is 21.2 Å². The van der Waals surface area contributed by atoms with E-state index in [9.17, 15) is 23.1 Å². The first kappa shape index (κ1) is 24.6. The van der Waals surface area contributed by atoms with Crippen LogP contribution in [0.5, 0.6) is 0 Å². The molecule has 4 rings (SSSR count). The summed E-state index contributed by atoms with van der Waals surface area (Å²) in [6, 6.07) is 12.3. The van der Waals surface area contributed by atoms with Gasteiger partial charge in [-0.1, -0.05) is 29.0 Å². The minimum Gasteiger partial charge on any atom is -0.478 e. The topological polar surface area (TPSA) is 126 Å². The minimum absolute atomic E-state index is 0.113.